The lowest BCUT2D eigenvalue weighted by Gasteiger charge is -1.84. The van der Waals surface area contributed by atoms with Gasteiger partial charge in [-0.2, -0.15) is 0 Å². The molecule has 0 amide bonds. The van der Waals surface area contributed by atoms with Gasteiger partial charge in [-0.1, -0.05) is 56.7 Å². The molecule has 0 fully saturated rings. The van der Waals surface area contributed by atoms with E-state index in [1.807, 2.05) is 18.2 Å². The molecule has 55 valence electrons. The van der Waals surface area contributed by atoms with E-state index in [0.29, 0.717) is 0 Å². The minimum absolute atomic E-state index is 1.17. The van der Waals surface area contributed by atoms with E-state index in [0.717, 1.165) is 0 Å². The zero-order chi connectivity index (χ0) is 7.66. The van der Waals surface area contributed by atoms with E-state index in [4.69, 9.17) is 6.58 Å². The maximum atomic E-state index is 5.12. The summed E-state index contributed by atoms with van der Waals surface area (Å²) in [6.07, 6.45) is 13.2. The van der Waals surface area contributed by atoms with E-state index >= 15 is 0 Å². The van der Waals surface area contributed by atoms with Crippen molar-refractivity contribution in [2.24, 2.45) is 0 Å². The van der Waals surface area contributed by atoms with Crippen LogP contribution < -0.4 is 0 Å². The minimum atomic E-state index is 1.17. The van der Waals surface area contributed by atoms with Gasteiger partial charge in [-0.15, -0.1) is 0 Å². The van der Waals surface area contributed by atoms with Crippen molar-refractivity contribution < 1.29 is 0 Å². The van der Waals surface area contributed by atoms with E-state index in [-0.39, 0.29) is 0 Å². The molecule has 0 aliphatic rings. The van der Waals surface area contributed by atoms with Gasteiger partial charge in [-0.05, 0) is 6.42 Å². The van der Waals surface area contributed by atoms with Crippen molar-refractivity contribution in [3.63, 3.8) is 0 Å². The number of hydrogen-bond donors (Lipinski definition) is 0. The highest BCUT2D eigenvalue weighted by Gasteiger charge is 1.74. The molecule has 0 aliphatic heterocycles. The standard InChI is InChI=1S/C10H15/c1-3-5-7-9-10-8-6-4-2/h1,3,5,7,9-10H,4,6,8H2,2H3/b3-1?,7-5+,10-9+. The fourth-order valence-electron chi connectivity index (χ4n) is 0.625. The van der Waals surface area contributed by atoms with Gasteiger partial charge in [-0.25, -0.2) is 0 Å². The highest BCUT2D eigenvalue weighted by Crippen LogP contribution is 1.94. The van der Waals surface area contributed by atoms with Crippen LogP contribution in [0.25, 0.3) is 0 Å². The molecule has 0 aromatic heterocycles. The molecule has 1 radical (unpaired) electrons. The van der Waals surface area contributed by atoms with E-state index in [1.54, 1.807) is 0 Å². The molecular formula is C10H15. The lowest BCUT2D eigenvalue weighted by Crippen LogP contribution is -1.64. The van der Waals surface area contributed by atoms with E-state index in [2.05, 4.69) is 13.0 Å². The average molecular weight is 135 g/mol. The van der Waals surface area contributed by atoms with Gasteiger partial charge >= 0.3 is 0 Å². The molecule has 10 heavy (non-hydrogen) atoms. The first-order chi connectivity index (χ1) is 4.91. The van der Waals surface area contributed by atoms with Gasteiger partial charge in [0.2, 0.25) is 0 Å². The van der Waals surface area contributed by atoms with Crippen molar-refractivity contribution in [2.75, 3.05) is 0 Å². The topological polar surface area (TPSA) is 0 Å². The van der Waals surface area contributed by atoms with E-state index in [9.17, 15) is 0 Å². The van der Waals surface area contributed by atoms with Crippen molar-refractivity contribution in [3.05, 3.63) is 37.0 Å². The van der Waals surface area contributed by atoms with E-state index in [1.165, 1.54) is 25.3 Å². The molecule has 0 aromatic carbocycles. The molecule has 0 heterocycles. The zero-order valence-electron chi connectivity index (χ0n) is 6.59. The minimum Gasteiger partial charge on any atom is -0.0845 e. The Morgan fingerprint density at radius 2 is 2.00 bits per heavy atom. The Labute approximate surface area is 64.0 Å². The van der Waals surface area contributed by atoms with Crippen LogP contribution in [0.2, 0.25) is 0 Å². The third-order valence-electron chi connectivity index (χ3n) is 1.19. The fourth-order valence-corrected chi connectivity index (χ4v) is 0.625. The summed E-state index contributed by atoms with van der Waals surface area (Å²) in [4.78, 5) is 0. The summed E-state index contributed by atoms with van der Waals surface area (Å²) in [7, 11) is 0. The molecule has 0 heteroatoms. The summed E-state index contributed by atoms with van der Waals surface area (Å²) in [6.45, 7) is 7.32. The first-order valence-electron chi connectivity index (χ1n) is 3.78. The third-order valence-corrected chi connectivity index (χ3v) is 1.19. The molecule has 0 spiro atoms. The van der Waals surface area contributed by atoms with Gasteiger partial charge in [0.1, 0.15) is 0 Å². The SMILES string of the molecule is [CH]=C/C=C/C=C/CCCC. The molecular weight excluding hydrogens is 120 g/mol. The Kier molecular flexibility index (Phi) is 7.58. The zero-order valence-corrected chi connectivity index (χ0v) is 6.59. The van der Waals surface area contributed by atoms with Gasteiger partial charge in [0.15, 0.2) is 0 Å². The Hall–Kier alpha value is -0.780. The summed E-state index contributed by atoms with van der Waals surface area (Å²) >= 11 is 0. The van der Waals surface area contributed by atoms with Crippen LogP contribution >= 0.6 is 0 Å². The van der Waals surface area contributed by atoms with Crippen molar-refractivity contribution in [1.82, 2.24) is 0 Å². The molecule has 0 N–H and O–H groups in total. The Morgan fingerprint density at radius 1 is 1.20 bits per heavy atom. The molecule has 0 atom stereocenters. The Bertz CT molecular complexity index is 118. The highest BCUT2D eigenvalue weighted by molar-refractivity contribution is 5.07. The number of hydrogen-bond acceptors (Lipinski definition) is 0. The second kappa shape index (κ2) is 8.22. The predicted molar refractivity (Wildman–Crippen MR) is 46.7 cm³/mol. The van der Waals surface area contributed by atoms with E-state index < -0.39 is 0 Å². The van der Waals surface area contributed by atoms with Crippen molar-refractivity contribution in [3.8, 4) is 0 Å². The number of rotatable bonds is 5. The van der Waals surface area contributed by atoms with Crippen LogP contribution in [0.4, 0.5) is 0 Å². The van der Waals surface area contributed by atoms with Crippen LogP contribution in [-0.2, 0) is 0 Å². The second-order valence-electron chi connectivity index (χ2n) is 2.15. The molecule has 0 saturated carbocycles. The monoisotopic (exact) mass is 135 g/mol. The average Bonchev–Trinajstić information content (AvgIpc) is 1.97. The van der Waals surface area contributed by atoms with Crippen molar-refractivity contribution in [1.29, 1.82) is 0 Å². The van der Waals surface area contributed by atoms with Crippen LogP contribution in [-0.4, -0.2) is 0 Å². The van der Waals surface area contributed by atoms with Gasteiger partial charge in [0.05, 0.1) is 0 Å². The van der Waals surface area contributed by atoms with Crippen LogP contribution in [0, 0.1) is 6.58 Å². The molecule has 0 saturated heterocycles. The lowest BCUT2D eigenvalue weighted by molar-refractivity contribution is 0.815. The van der Waals surface area contributed by atoms with Crippen LogP contribution in [0.3, 0.4) is 0 Å². The predicted octanol–water partition coefficient (Wildman–Crippen LogP) is 3.28. The summed E-state index contributed by atoms with van der Waals surface area (Å²) in [5, 5.41) is 0. The second-order valence-corrected chi connectivity index (χ2v) is 2.15. The van der Waals surface area contributed by atoms with Gasteiger partial charge < -0.3 is 0 Å². The molecule has 0 aromatic rings. The van der Waals surface area contributed by atoms with Crippen LogP contribution in [0.5, 0.6) is 0 Å². The molecule has 0 bridgehead atoms. The summed E-state index contributed by atoms with van der Waals surface area (Å²) < 4.78 is 0. The first-order valence-corrected chi connectivity index (χ1v) is 3.78. The number of allylic oxidation sites excluding steroid dienone is 5. The normalized spacial score (nSPS) is 11.3. The maximum Gasteiger partial charge on any atom is -0.0348 e. The maximum absolute atomic E-state index is 5.12. The molecule has 0 rings (SSSR count). The smallest absolute Gasteiger partial charge is 0.0348 e. The van der Waals surface area contributed by atoms with Gasteiger partial charge in [0.25, 0.3) is 0 Å². The summed E-state index contributed by atoms with van der Waals surface area (Å²) in [5.74, 6) is 0. The molecule has 0 nitrogen and oxygen atoms in total. The molecule has 0 aliphatic carbocycles. The summed E-state index contributed by atoms with van der Waals surface area (Å²) in [6, 6.07) is 0. The lowest BCUT2D eigenvalue weighted by atomic mass is 10.2. The van der Waals surface area contributed by atoms with Gasteiger partial charge in [0, 0.05) is 0 Å². The highest BCUT2D eigenvalue weighted by atomic mass is 13.8. The van der Waals surface area contributed by atoms with Crippen molar-refractivity contribution >= 4 is 0 Å². The van der Waals surface area contributed by atoms with Gasteiger partial charge in [-0.3, -0.25) is 0 Å². The number of unbranched alkanes of at least 4 members (excludes halogenated alkanes) is 2. The molecule has 0 unspecified atom stereocenters. The quantitative estimate of drug-likeness (QED) is 0.401. The Morgan fingerprint density at radius 3 is 2.60 bits per heavy atom. The first kappa shape index (κ1) is 9.22. The van der Waals surface area contributed by atoms with Crippen molar-refractivity contribution in [2.45, 2.75) is 26.2 Å². The van der Waals surface area contributed by atoms with Crippen LogP contribution in [0.15, 0.2) is 30.4 Å². The third kappa shape index (κ3) is 7.22. The summed E-state index contributed by atoms with van der Waals surface area (Å²) in [5.41, 5.74) is 0. The van der Waals surface area contributed by atoms with Crippen LogP contribution in [0.1, 0.15) is 26.2 Å². The Balaban J connectivity index is 3.19. The largest absolute Gasteiger partial charge is 0.0845 e. The fraction of sp³-hybridized carbons (Fsp3) is 0.400.